The predicted octanol–water partition coefficient (Wildman–Crippen LogP) is 2.35. The number of nitrogens with zero attached hydrogens (tertiary/aromatic N) is 2. The molecule has 0 aliphatic carbocycles. The van der Waals surface area contributed by atoms with E-state index in [1.54, 1.807) is 0 Å². The Morgan fingerprint density at radius 1 is 1.42 bits per heavy atom. The van der Waals surface area contributed by atoms with Crippen molar-refractivity contribution in [3.8, 4) is 0 Å². The maximum Gasteiger partial charge on any atom is 0.237 e. The molecular formula is C15H21ClN2O. The fourth-order valence-electron chi connectivity index (χ4n) is 2.63. The molecule has 19 heavy (non-hydrogen) atoms. The van der Waals surface area contributed by atoms with Gasteiger partial charge < -0.3 is 4.90 Å². The van der Waals surface area contributed by atoms with Gasteiger partial charge in [0.15, 0.2) is 0 Å². The Labute approximate surface area is 120 Å². The van der Waals surface area contributed by atoms with Crippen molar-refractivity contribution >= 4 is 17.5 Å². The zero-order valence-electron chi connectivity index (χ0n) is 11.4. The average Bonchev–Trinajstić information content (AvgIpc) is 2.47. The normalized spacial score (nSPS) is 19.7. The molecule has 0 N–H and O–H groups in total. The first-order valence-electron chi connectivity index (χ1n) is 6.78. The summed E-state index contributed by atoms with van der Waals surface area (Å²) in [6, 6.07) is 10.9. The summed E-state index contributed by atoms with van der Waals surface area (Å²) < 4.78 is 0. The minimum absolute atomic E-state index is 0.0551. The van der Waals surface area contributed by atoms with Crippen LogP contribution in [0.25, 0.3) is 0 Å². The second-order valence-corrected chi connectivity index (χ2v) is 5.44. The van der Waals surface area contributed by atoms with E-state index in [0.717, 1.165) is 32.5 Å². The summed E-state index contributed by atoms with van der Waals surface area (Å²) in [5, 5.41) is 0. The van der Waals surface area contributed by atoms with Gasteiger partial charge >= 0.3 is 0 Å². The third-order valence-corrected chi connectivity index (χ3v) is 3.99. The number of hydrogen-bond donors (Lipinski definition) is 0. The molecule has 1 amide bonds. The number of carbonyl (C=O) groups excluding carboxylic acids is 1. The minimum Gasteiger partial charge on any atom is -0.340 e. The number of halogens is 1. The molecular weight excluding hydrogens is 260 g/mol. The van der Waals surface area contributed by atoms with Crippen LogP contribution < -0.4 is 0 Å². The highest BCUT2D eigenvalue weighted by molar-refractivity contribution is 6.27. The SMILES string of the molecule is CN(Cc1ccccc1)[C@@H]1CCCN(C(=O)CCl)C1. The Morgan fingerprint density at radius 3 is 2.84 bits per heavy atom. The van der Waals surface area contributed by atoms with Crippen molar-refractivity contribution in [2.24, 2.45) is 0 Å². The Bertz CT molecular complexity index is 410. The molecule has 0 unspecified atom stereocenters. The van der Waals surface area contributed by atoms with Crippen LogP contribution in [0.1, 0.15) is 18.4 Å². The third kappa shape index (κ3) is 3.95. The van der Waals surface area contributed by atoms with Crippen molar-refractivity contribution < 1.29 is 4.79 Å². The van der Waals surface area contributed by atoms with Gasteiger partial charge in [-0.15, -0.1) is 11.6 Å². The molecule has 2 rings (SSSR count). The van der Waals surface area contributed by atoms with Crippen LogP contribution in [0.4, 0.5) is 0 Å². The highest BCUT2D eigenvalue weighted by Crippen LogP contribution is 2.17. The molecule has 1 fully saturated rings. The van der Waals surface area contributed by atoms with Gasteiger partial charge in [0.05, 0.1) is 0 Å². The smallest absolute Gasteiger partial charge is 0.237 e. The van der Waals surface area contributed by atoms with Gasteiger partial charge in [-0.25, -0.2) is 0 Å². The number of hydrogen-bond acceptors (Lipinski definition) is 2. The van der Waals surface area contributed by atoms with E-state index < -0.39 is 0 Å². The van der Waals surface area contributed by atoms with Gasteiger partial charge in [-0.05, 0) is 25.5 Å². The van der Waals surface area contributed by atoms with Crippen molar-refractivity contribution in [2.75, 3.05) is 26.0 Å². The van der Waals surface area contributed by atoms with Gasteiger partial charge in [0, 0.05) is 25.7 Å². The van der Waals surface area contributed by atoms with Gasteiger partial charge in [-0.3, -0.25) is 9.69 Å². The lowest BCUT2D eigenvalue weighted by molar-refractivity contribution is -0.130. The van der Waals surface area contributed by atoms with E-state index in [0.29, 0.717) is 6.04 Å². The Hall–Kier alpha value is -1.06. The molecule has 1 aliphatic rings. The molecule has 104 valence electrons. The van der Waals surface area contributed by atoms with Gasteiger partial charge in [-0.1, -0.05) is 30.3 Å². The van der Waals surface area contributed by atoms with Gasteiger partial charge in [0.25, 0.3) is 0 Å². The van der Waals surface area contributed by atoms with Gasteiger partial charge in [0.2, 0.25) is 5.91 Å². The molecule has 0 saturated carbocycles. The van der Waals surface area contributed by atoms with Crippen LogP contribution in [-0.4, -0.2) is 47.8 Å². The molecule has 1 atom stereocenters. The lowest BCUT2D eigenvalue weighted by Gasteiger charge is -2.37. The van der Waals surface area contributed by atoms with Crippen molar-refractivity contribution in [1.29, 1.82) is 0 Å². The molecule has 0 radical (unpaired) electrons. The summed E-state index contributed by atoms with van der Waals surface area (Å²) in [6.45, 7) is 2.57. The number of rotatable bonds is 4. The summed E-state index contributed by atoms with van der Waals surface area (Å²) in [4.78, 5) is 15.9. The number of carbonyl (C=O) groups is 1. The lowest BCUT2D eigenvalue weighted by atomic mass is 10.0. The second-order valence-electron chi connectivity index (χ2n) is 5.17. The van der Waals surface area contributed by atoms with Crippen LogP contribution in [0.5, 0.6) is 0 Å². The second kappa shape index (κ2) is 6.92. The molecule has 1 aromatic rings. The predicted molar refractivity (Wildman–Crippen MR) is 78.2 cm³/mol. The number of likely N-dealkylation sites (N-methyl/N-ethyl adjacent to an activating group) is 1. The summed E-state index contributed by atoms with van der Waals surface area (Å²) in [6.07, 6.45) is 2.21. The van der Waals surface area contributed by atoms with E-state index in [2.05, 4.69) is 36.2 Å². The summed E-state index contributed by atoms with van der Waals surface area (Å²) in [7, 11) is 2.13. The summed E-state index contributed by atoms with van der Waals surface area (Å²) in [5.41, 5.74) is 1.31. The van der Waals surface area contributed by atoms with E-state index in [1.165, 1.54) is 5.56 Å². The van der Waals surface area contributed by atoms with Crippen LogP contribution in [0.3, 0.4) is 0 Å². The monoisotopic (exact) mass is 280 g/mol. The zero-order chi connectivity index (χ0) is 13.7. The van der Waals surface area contributed by atoms with Crippen molar-refractivity contribution in [3.05, 3.63) is 35.9 Å². The fraction of sp³-hybridized carbons (Fsp3) is 0.533. The standard InChI is InChI=1S/C15H21ClN2O/c1-17(11-13-6-3-2-4-7-13)14-8-5-9-18(12-14)15(19)10-16/h2-4,6-7,14H,5,8-12H2,1H3/t14-/m1/s1. The summed E-state index contributed by atoms with van der Waals surface area (Å²) in [5.74, 6) is 0.147. The summed E-state index contributed by atoms with van der Waals surface area (Å²) >= 11 is 5.64. The Balaban J connectivity index is 1.92. The third-order valence-electron chi connectivity index (χ3n) is 3.76. The molecule has 3 nitrogen and oxygen atoms in total. The number of piperidine rings is 1. The number of alkyl halides is 1. The quantitative estimate of drug-likeness (QED) is 0.791. The van der Waals surface area contributed by atoms with Crippen molar-refractivity contribution in [2.45, 2.75) is 25.4 Å². The maximum atomic E-state index is 11.7. The maximum absolute atomic E-state index is 11.7. The molecule has 1 saturated heterocycles. The van der Waals surface area contributed by atoms with E-state index in [1.807, 2.05) is 11.0 Å². The lowest BCUT2D eigenvalue weighted by Crippen LogP contribution is -2.48. The van der Waals surface area contributed by atoms with Gasteiger partial charge in [-0.2, -0.15) is 0 Å². The number of likely N-dealkylation sites (tertiary alicyclic amines) is 1. The number of benzene rings is 1. The van der Waals surface area contributed by atoms with E-state index >= 15 is 0 Å². The first-order valence-corrected chi connectivity index (χ1v) is 7.32. The van der Waals surface area contributed by atoms with Crippen molar-refractivity contribution in [3.63, 3.8) is 0 Å². The highest BCUT2D eigenvalue weighted by atomic mass is 35.5. The zero-order valence-corrected chi connectivity index (χ0v) is 12.1. The topological polar surface area (TPSA) is 23.6 Å². The van der Waals surface area contributed by atoms with Crippen LogP contribution in [0, 0.1) is 0 Å². The fourth-order valence-corrected chi connectivity index (χ4v) is 2.80. The highest BCUT2D eigenvalue weighted by Gasteiger charge is 2.25. The van der Waals surface area contributed by atoms with Crippen molar-refractivity contribution in [1.82, 2.24) is 9.80 Å². The largest absolute Gasteiger partial charge is 0.340 e. The molecule has 0 spiro atoms. The van der Waals surface area contributed by atoms with Gasteiger partial charge in [0.1, 0.15) is 5.88 Å². The van der Waals surface area contributed by atoms with E-state index in [9.17, 15) is 4.79 Å². The molecule has 4 heteroatoms. The molecule has 0 aromatic heterocycles. The Morgan fingerprint density at radius 2 is 2.16 bits per heavy atom. The van der Waals surface area contributed by atoms with Crippen LogP contribution in [-0.2, 0) is 11.3 Å². The molecule has 1 aliphatic heterocycles. The molecule has 0 bridgehead atoms. The average molecular weight is 281 g/mol. The van der Waals surface area contributed by atoms with Crippen LogP contribution in [0.15, 0.2) is 30.3 Å². The van der Waals surface area contributed by atoms with Crippen LogP contribution >= 0.6 is 11.6 Å². The van der Waals surface area contributed by atoms with E-state index in [-0.39, 0.29) is 11.8 Å². The first-order chi connectivity index (χ1) is 9.20. The van der Waals surface area contributed by atoms with Crippen LogP contribution in [0.2, 0.25) is 0 Å². The van der Waals surface area contributed by atoms with E-state index in [4.69, 9.17) is 11.6 Å². The molecule has 1 aromatic carbocycles. The Kier molecular flexibility index (Phi) is 5.23. The number of amides is 1. The first kappa shape index (κ1) is 14.4. The minimum atomic E-state index is 0.0551. The molecule has 1 heterocycles.